The molecule has 4 aromatic rings. The normalized spacial score (nSPS) is 10.8. The Morgan fingerprint density at radius 1 is 0.972 bits per heavy atom. The summed E-state index contributed by atoms with van der Waals surface area (Å²) < 4.78 is 11.7. The third kappa shape index (κ3) is 6.07. The van der Waals surface area contributed by atoms with E-state index in [0.29, 0.717) is 33.5 Å². The fraction of sp³-hybridized carbons (Fsp3) is 0.0769. The highest BCUT2D eigenvalue weighted by Crippen LogP contribution is 2.35. The van der Waals surface area contributed by atoms with Gasteiger partial charge < -0.3 is 14.8 Å². The quantitative estimate of drug-likeness (QED) is 0.113. The van der Waals surface area contributed by atoms with Crippen molar-refractivity contribution in [1.82, 2.24) is 5.43 Å². The number of hydrogen-bond donors (Lipinski definition) is 2. The van der Waals surface area contributed by atoms with Crippen molar-refractivity contribution in [3.05, 3.63) is 88.3 Å². The molecule has 8 nitrogen and oxygen atoms in total. The predicted molar refractivity (Wildman–Crippen MR) is 140 cm³/mol. The van der Waals surface area contributed by atoms with E-state index in [2.05, 4.69) is 15.8 Å². The number of carbonyl (C=O) groups excluding carboxylic acids is 3. The van der Waals surface area contributed by atoms with Crippen LogP contribution in [-0.2, 0) is 9.59 Å². The number of hydrazone groups is 1. The van der Waals surface area contributed by atoms with Crippen LogP contribution in [0, 0.1) is 0 Å². The number of carbonyl (C=O) groups is 3. The molecule has 0 aliphatic rings. The van der Waals surface area contributed by atoms with E-state index in [-0.39, 0.29) is 5.75 Å². The van der Waals surface area contributed by atoms with Crippen LogP contribution in [0.15, 0.2) is 77.9 Å². The van der Waals surface area contributed by atoms with E-state index in [9.17, 15) is 14.4 Å². The molecule has 4 rings (SSSR count). The summed E-state index contributed by atoms with van der Waals surface area (Å²) in [6.45, 7) is 2.39. The number of thiophene rings is 1. The van der Waals surface area contributed by atoms with Crippen LogP contribution in [0.25, 0.3) is 10.1 Å². The second-order valence-electron chi connectivity index (χ2n) is 7.31. The Kier molecular flexibility index (Phi) is 7.94. The van der Waals surface area contributed by atoms with Gasteiger partial charge in [0.25, 0.3) is 0 Å². The summed E-state index contributed by atoms with van der Waals surface area (Å²) in [5, 5.41) is 7.41. The maximum absolute atomic E-state index is 12.7. The maximum atomic E-state index is 12.7. The zero-order valence-corrected chi connectivity index (χ0v) is 20.6. The minimum Gasteiger partial charge on any atom is -0.494 e. The molecule has 182 valence electrons. The summed E-state index contributed by atoms with van der Waals surface area (Å²) in [6.07, 6.45) is 1.33. The Balaban J connectivity index is 1.33. The topological polar surface area (TPSA) is 106 Å². The van der Waals surface area contributed by atoms with Crippen LogP contribution in [0.1, 0.15) is 22.2 Å². The number of amides is 2. The van der Waals surface area contributed by atoms with Crippen molar-refractivity contribution in [3.63, 3.8) is 0 Å². The van der Waals surface area contributed by atoms with Gasteiger partial charge in [-0.2, -0.15) is 5.10 Å². The van der Waals surface area contributed by atoms with Gasteiger partial charge in [-0.25, -0.2) is 10.2 Å². The zero-order valence-electron chi connectivity index (χ0n) is 19.0. The number of nitrogens with one attached hydrogen (secondary N) is 2. The van der Waals surface area contributed by atoms with Crippen LogP contribution in [0.4, 0.5) is 5.69 Å². The second-order valence-corrected chi connectivity index (χ2v) is 8.74. The third-order valence-corrected chi connectivity index (χ3v) is 6.45. The number of fused-ring (bicyclic) bond motifs is 1. The number of halogens is 1. The van der Waals surface area contributed by atoms with Gasteiger partial charge in [0.05, 0.1) is 17.8 Å². The molecule has 2 amide bonds. The number of ether oxygens (including phenoxy) is 2. The Morgan fingerprint density at radius 3 is 2.50 bits per heavy atom. The van der Waals surface area contributed by atoms with E-state index in [4.69, 9.17) is 21.1 Å². The highest BCUT2D eigenvalue weighted by molar-refractivity contribution is 7.21. The molecule has 0 saturated carbocycles. The molecule has 0 saturated heterocycles. The SMILES string of the molecule is CCOc1ccc(NC(=O)C(=O)N/N=C\c2cccc(OC(=O)c3sc4ccccc4c3Cl)c2)cc1. The summed E-state index contributed by atoms with van der Waals surface area (Å²) in [5.41, 5.74) is 3.14. The van der Waals surface area contributed by atoms with E-state index >= 15 is 0 Å². The first-order valence-electron chi connectivity index (χ1n) is 10.8. The van der Waals surface area contributed by atoms with Crippen LogP contribution in [-0.4, -0.2) is 30.6 Å². The molecule has 0 spiro atoms. The van der Waals surface area contributed by atoms with Crippen LogP contribution in [0.5, 0.6) is 11.5 Å². The van der Waals surface area contributed by atoms with Gasteiger partial charge >= 0.3 is 17.8 Å². The maximum Gasteiger partial charge on any atom is 0.355 e. The fourth-order valence-electron chi connectivity index (χ4n) is 3.16. The molecule has 1 heterocycles. The zero-order chi connectivity index (χ0) is 25.5. The van der Waals surface area contributed by atoms with E-state index in [1.807, 2.05) is 31.2 Å². The monoisotopic (exact) mass is 521 g/mol. The number of nitrogens with zero attached hydrogens (tertiary/aromatic N) is 1. The molecule has 0 aliphatic carbocycles. The molecule has 3 aromatic carbocycles. The van der Waals surface area contributed by atoms with Crippen LogP contribution >= 0.6 is 22.9 Å². The van der Waals surface area contributed by atoms with Gasteiger partial charge in [0.15, 0.2) is 0 Å². The van der Waals surface area contributed by atoms with Gasteiger partial charge in [-0.05, 0) is 55.0 Å². The summed E-state index contributed by atoms with van der Waals surface area (Å²) >= 11 is 7.61. The number of anilines is 1. The summed E-state index contributed by atoms with van der Waals surface area (Å²) in [7, 11) is 0. The van der Waals surface area contributed by atoms with Crippen LogP contribution in [0.2, 0.25) is 5.02 Å². The lowest BCUT2D eigenvalue weighted by molar-refractivity contribution is -0.136. The number of hydrogen-bond acceptors (Lipinski definition) is 7. The lowest BCUT2D eigenvalue weighted by Gasteiger charge is -2.06. The molecule has 1 aromatic heterocycles. The average molecular weight is 522 g/mol. The predicted octanol–water partition coefficient (Wildman–Crippen LogP) is 5.26. The Labute approximate surface area is 215 Å². The Bertz CT molecular complexity index is 1450. The van der Waals surface area contributed by atoms with E-state index < -0.39 is 17.8 Å². The summed E-state index contributed by atoms with van der Waals surface area (Å²) in [5.74, 6) is -1.46. The van der Waals surface area contributed by atoms with Gasteiger partial charge in [0, 0.05) is 15.8 Å². The molecule has 2 N–H and O–H groups in total. The lowest BCUT2D eigenvalue weighted by Crippen LogP contribution is -2.32. The Hall–Kier alpha value is -4.21. The Morgan fingerprint density at radius 2 is 1.75 bits per heavy atom. The number of esters is 1. The molecule has 0 fully saturated rings. The molecular weight excluding hydrogens is 502 g/mol. The first-order chi connectivity index (χ1) is 17.4. The number of rotatable bonds is 7. The molecule has 36 heavy (non-hydrogen) atoms. The van der Waals surface area contributed by atoms with Crippen molar-refractivity contribution < 1.29 is 23.9 Å². The highest BCUT2D eigenvalue weighted by Gasteiger charge is 2.19. The molecule has 0 unspecified atom stereocenters. The first-order valence-corrected chi connectivity index (χ1v) is 12.0. The van der Waals surface area contributed by atoms with Crippen molar-refractivity contribution >= 4 is 62.7 Å². The first kappa shape index (κ1) is 24.9. The largest absolute Gasteiger partial charge is 0.494 e. The van der Waals surface area contributed by atoms with Gasteiger partial charge in [-0.15, -0.1) is 11.3 Å². The molecule has 10 heteroatoms. The highest BCUT2D eigenvalue weighted by atomic mass is 35.5. The lowest BCUT2D eigenvalue weighted by atomic mass is 10.2. The van der Waals surface area contributed by atoms with Crippen molar-refractivity contribution in [2.45, 2.75) is 6.92 Å². The van der Waals surface area contributed by atoms with Gasteiger partial charge in [-0.1, -0.05) is 41.9 Å². The molecule has 0 atom stereocenters. The number of benzene rings is 3. The van der Waals surface area contributed by atoms with Crippen molar-refractivity contribution in [2.24, 2.45) is 5.10 Å². The van der Waals surface area contributed by atoms with Gasteiger partial charge in [-0.3, -0.25) is 9.59 Å². The van der Waals surface area contributed by atoms with Gasteiger partial charge in [0.2, 0.25) is 0 Å². The van der Waals surface area contributed by atoms with Crippen LogP contribution < -0.4 is 20.2 Å². The third-order valence-electron chi connectivity index (χ3n) is 4.80. The van der Waals surface area contributed by atoms with E-state index in [1.54, 1.807) is 48.5 Å². The molecular formula is C26H20ClN3O5S. The standard InChI is InChI=1S/C26H20ClN3O5S/c1-2-34-18-12-10-17(11-13-18)29-24(31)25(32)30-28-15-16-6-5-7-19(14-16)35-26(33)23-22(27)20-8-3-4-9-21(20)36-23/h3-15H,2H2,1H3,(H,29,31)(H,30,32)/b28-15-. The van der Waals surface area contributed by atoms with Crippen molar-refractivity contribution in [2.75, 3.05) is 11.9 Å². The molecule has 0 aliphatic heterocycles. The summed E-state index contributed by atoms with van der Waals surface area (Å²) in [4.78, 5) is 37.1. The molecule has 0 bridgehead atoms. The van der Waals surface area contributed by atoms with E-state index in [1.165, 1.54) is 17.6 Å². The minimum absolute atomic E-state index is 0.275. The van der Waals surface area contributed by atoms with Gasteiger partial charge in [0.1, 0.15) is 16.4 Å². The molecule has 0 radical (unpaired) electrons. The fourth-order valence-corrected chi connectivity index (χ4v) is 4.55. The smallest absolute Gasteiger partial charge is 0.355 e. The van der Waals surface area contributed by atoms with Crippen molar-refractivity contribution in [1.29, 1.82) is 0 Å². The minimum atomic E-state index is -0.942. The van der Waals surface area contributed by atoms with Crippen molar-refractivity contribution in [3.8, 4) is 11.5 Å². The van der Waals surface area contributed by atoms with Crippen LogP contribution in [0.3, 0.4) is 0 Å². The van der Waals surface area contributed by atoms with E-state index in [0.717, 1.165) is 10.1 Å². The summed E-state index contributed by atoms with van der Waals surface area (Å²) in [6, 6.07) is 20.6. The average Bonchev–Trinajstić information content (AvgIpc) is 3.22. The second kappa shape index (κ2) is 11.5.